The highest BCUT2D eigenvalue weighted by atomic mass is 16.5. The van der Waals surface area contributed by atoms with Crippen molar-refractivity contribution in [2.75, 3.05) is 23.7 Å². The zero-order chi connectivity index (χ0) is 33.0. The fourth-order valence-electron chi connectivity index (χ4n) is 6.15. The van der Waals surface area contributed by atoms with Crippen LogP contribution in [0.1, 0.15) is 73.3 Å². The van der Waals surface area contributed by atoms with E-state index in [0.717, 1.165) is 54.0 Å². The van der Waals surface area contributed by atoms with Crippen LogP contribution < -0.4 is 16.0 Å². The Morgan fingerprint density at radius 1 is 0.936 bits per heavy atom. The molecule has 5 aromatic rings. The summed E-state index contributed by atoms with van der Waals surface area (Å²) in [5.74, 6) is 0.819. The summed E-state index contributed by atoms with van der Waals surface area (Å²) in [6, 6.07) is 28.7. The first kappa shape index (κ1) is 31.9. The number of urea groups is 1. The Labute approximate surface area is 275 Å². The van der Waals surface area contributed by atoms with Gasteiger partial charge in [0.1, 0.15) is 11.5 Å². The molecule has 1 saturated heterocycles. The van der Waals surface area contributed by atoms with Crippen LogP contribution in [0.3, 0.4) is 0 Å². The number of aryl methyl sites for hydroxylation is 1. The molecule has 3 N–H and O–H groups in total. The van der Waals surface area contributed by atoms with Gasteiger partial charge in [-0.1, -0.05) is 92.2 Å². The van der Waals surface area contributed by atoms with E-state index >= 15 is 0 Å². The lowest BCUT2D eigenvalue weighted by Gasteiger charge is -2.32. The van der Waals surface area contributed by atoms with Crippen molar-refractivity contribution in [3.8, 4) is 16.9 Å². The Balaban J connectivity index is 1.26. The standard InChI is InChI=1S/C38H42N6O3/c1-25-14-16-28(17-15-25)44-36(24-35(42-44)38(2,3)4)41-37(46)40-31-13-9-8-12-29(31)30(26-18-20-39-21-19-26)22-33(45)34-23-32(43-47-34)27-10-6-5-7-11-27/h5-17,23-24,26,30,39H,18-22H2,1-4H3,(H2,40,41,46). The molecule has 242 valence electrons. The molecule has 47 heavy (non-hydrogen) atoms. The summed E-state index contributed by atoms with van der Waals surface area (Å²) in [6.45, 7) is 10.1. The number of Topliss-reactive ketones (excluding diaryl/α,β-unsaturated/α-hetero) is 1. The number of nitrogens with one attached hydrogen (secondary N) is 3. The normalized spacial score (nSPS) is 14.5. The number of benzene rings is 3. The maximum Gasteiger partial charge on any atom is 0.324 e. The topological polar surface area (TPSA) is 114 Å². The second-order valence-corrected chi connectivity index (χ2v) is 13.3. The number of ketones is 1. The molecule has 9 nitrogen and oxygen atoms in total. The molecule has 3 aromatic carbocycles. The number of amides is 2. The SMILES string of the molecule is Cc1ccc(-n2nc(C(C)(C)C)cc2NC(=O)Nc2ccccc2C(CC(=O)c2cc(-c3ccccc3)no2)C2CCNCC2)cc1. The molecule has 0 spiro atoms. The molecule has 9 heteroatoms. The zero-order valence-corrected chi connectivity index (χ0v) is 27.4. The maximum atomic E-state index is 13.7. The minimum absolute atomic E-state index is 0.112. The highest BCUT2D eigenvalue weighted by Crippen LogP contribution is 2.39. The Bertz CT molecular complexity index is 1830. The van der Waals surface area contributed by atoms with Crippen molar-refractivity contribution in [1.82, 2.24) is 20.3 Å². The van der Waals surface area contributed by atoms with Gasteiger partial charge in [-0.15, -0.1) is 0 Å². The minimum Gasteiger partial charge on any atom is -0.352 e. The molecule has 1 atom stereocenters. The zero-order valence-electron chi connectivity index (χ0n) is 27.4. The van der Waals surface area contributed by atoms with E-state index < -0.39 is 0 Å². The van der Waals surface area contributed by atoms with Crippen molar-refractivity contribution in [2.24, 2.45) is 5.92 Å². The first-order valence-corrected chi connectivity index (χ1v) is 16.3. The first-order chi connectivity index (χ1) is 22.7. The molecule has 6 rings (SSSR count). The Morgan fingerprint density at radius 2 is 1.64 bits per heavy atom. The van der Waals surface area contributed by atoms with Crippen LogP contribution >= 0.6 is 0 Å². The Kier molecular flexibility index (Phi) is 9.36. The van der Waals surface area contributed by atoms with Crippen molar-refractivity contribution in [2.45, 2.75) is 58.3 Å². The van der Waals surface area contributed by atoms with Gasteiger partial charge in [-0.3, -0.25) is 10.1 Å². The van der Waals surface area contributed by atoms with E-state index in [1.54, 1.807) is 10.7 Å². The first-order valence-electron chi connectivity index (χ1n) is 16.3. The fraction of sp³-hybridized carbons (Fsp3) is 0.316. The van der Waals surface area contributed by atoms with Crippen LogP contribution in [0, 0.1) is 12.8 Å². The number of hydrogen-bond acceptors (Lipinski definition) is 6. The van der Waals surface area contributed by atoms with Gasteiger partial charge in [-0.25, -0.2) is 9.48 Å². The van der Waals surface area contributed by atoms with Gasteiger partial charge < -0.3 is 15.2 Å². The van der Waals surface area contributed by atoms with Crippen LogP contribution in [0.15, 0.2) is 95.5 Å². The van der Waals surface area contributed by atoms with E-state index in [2.05, 4.69) is 41.9 Å². The van der Waals surface area contributed by atoms with Gasteiger partial charge in [-0.2, -0.15) is 5.10 Å². The number of rotatable bonds is 9. The van der Waals surface area contributed by atoms with E-state index in [1.807, 2.05) is 91.9 Å². The number of para-hydroxylation sites is 1. The molecule has 0 bridgehead atoms. The second-order valence-electron chi connectivity index (χ2n) is 13.3. The van der Waals surface area contributed by atoms with Crippen LogP contribution in [0.4, 0.5) is 16.3 Å². The lowest BCUT2D eigenvalue weighted by atomic mass is 9.77. The largest absolute Gasteiger partial charge is 0.352 e. The summed E-state index contributed by atoms with van der Waals surface area (Å²) in [7, 11) is 0. The molecule has 3 heterocycles. The summed E-state index contributed by atoms with van der Waals surface area (Å²) < 4.78 is 7.31. The van der Waals surface area contributed by atoms with Gasteiger partial charge in [0.05, 0.1) is 11.4 Å². The summed E-state index contributed by atoms with van der Waals surface area (Å²) >= 11 is 0. The number of carbonyl (C=O) groups excluding carboxylic acids is 2. The predicted molar refractivity (Wildman–Crippen MR) is 185 cm³/mol. The van der Waals surface area contributed by atoms with Gasteiger partial charge in [0, 0.05) is 35.2 Å². The molecule has 1 aliphatic rings. The monoisotopic (exact) mass is 630 g/mol. The molecular formula is C38H42N6O3. The summed E-state index contributed by atoms with van der Waals surface area (Å²) in [6.07, 6.45) is 2.09. The highest BCUT2D eigenvalue weighted by Gasteiger charge is 2.31. The molecule has 1 unspecified atom stereocenters. The van der Waals surface area contributed by atoms with Gasteiger partial charge in [0.25, 0.3) is 0 Å². The molecule has 0 saturated carbocycles. The summed E-state index contributed by atoms with van der Waals surface area (Å²) in [5, 5.41) is 18.6. The van der Waals surface area contributed by atoms with Crippen LogP contribution in [0.25, 0.3) is 16.9 Å². The third kappa shape index (κ3) is 7.52. The quantitative estimate of drug-likeness (QED) is 0.142. The van der Waals surface area contributed by atoms with Crippen molar-refractivity contribution < 1.29 is 14.1 Å². The third-order valence-corrected chi connectivity index (χ3v) is 8.82. The lowest BCUT2D eigenvalue weighted by molar-refractivity contribution is 0.0923. The minimum atomic E-state index is -0.385. The second kappa shape index (κ2) is 13.8. The fourth-order valence-corrected chi connectivity index (χ4v) is 6.15. The van der Waals surface area contributed by atoms with Gasteiger partial charge >= 0.3 is 6.03 Å². The molecule has 0 aliphatic carbocycles. The smallest absolute Gasteiger partial charge is 0.324 e. The lowest BCUT2D eigenvalue weighted by Crippen LogP contribution is -2.32. The van der Waals surface area contributed by atoms with Crippen LogP contribution in [-0.4, -0.2) is 39.8 Å². The van der Waals surface area contributed by atoms with Crippen LogP contribution in [0.2, 0.25) is 0 Å². The summed E-state index contributed by atoms with van der Waals surface area (Å²) in [4.78, 5) is 27.4. The van der Waals surface area contributed by atoms with E-state index in [4.69, 9.17) is 9.62 Å². The highest BCUT2D eigenvalue weighted by molar-refractivity contribution is 6.00. The van der Waals surface area contributed by atoms with E-state index in [-0.39, 0.29) is 41.2 Å². The molecule has 1 fully saturated rings. The van der Waals surface area contributed by atoms with Crippen LogP contribution in [0.5, 0.6) is 0 Å². The van der Waals surface area contributed by atoms with Crippen molar-refractivity contribution in [1.29, 1.82) is 0 Å². The van der Waals surface area contributed by atoms with E-state index in [9.17, 15) is 9.59 Å². The molecular weight excluding hydrogens is 588 g/mol. The van der Waals surface area contributed by atoms with E-state index in [0.29, 0.717) is 17.2 Å². The van der Waals surface area contributed by atoms with Gasteiger partial charge in [0.15, 0.2) is 0 Å². The number of nitrogens with zero attached hydrogens (tertiary/aromatic N) is 3. The summed E-state index contributed by atoms with van der Waals surface area (Å²) in [5.41, 5.74) is 5.76. The average molecular weight is 631 g/mol. The van der Waals surface area contributed by atoms with Crippen molar-refractivity contribution in [3.05, 3.63) is 114 Å². The van der Waals surface area contributed by atoms with Crippen molar-refractivity contribution in [3.63, 3.8) is 0 Å². The molecule has 1 aliphatic heterocycles. The number of anilines is 2. The average Bonchev–Trinajstić information content (AvgIpc) is 3.74. The Morgan fingerprint density at radius 3 is 2.36 bits per heavy atom. The number of carbonyl (C=O) groups is 2. The van der Waals surface area contributed by atoms with E-state index in [1.165, 1.54) is 0 Å². The van der Waals surface area contributed by atoms with Gasteiger partial charge in [0.2, 0.25) is 11.5 Å². The Hall–Kier alpha value is -5.02. The van der Waals surface area contributed by atoms with Crippen molar-refractivity contribution >= 4 is 23.3 Å². The molecule has 2 aromatic heterocycles. The van der Waals surface area contributed by atoms with Gasteiger partial charge in [-0.05, 0) is 68.5 Å². The third-order valence-electron chi connectivity index (χ3n) is 8.82. The number of piperidine rings is 1. The molecule has 2 amide bonds. The number of hydrogen-bond donors (Lipinski definition) is 3. The molecule has 0 radical (unpaired) electrons. The number of aromatic nitrogens is 3. The predicted octanol–water partition coefficient (Wildman–Crippen LogP) is 8.13. The van der Waals surface area contributed by atoms with Crippen LogP contribution in [-0.2, 0) is 5.41 Å². The maximum absolute atomic E-state index is 13.7.